The molecular weight excluding hydrogens is 342 g/mol. The van der Waals surface area contributed by atoms with Crippen molar-refractivity contribution in [3.8, 4) is 17.6 Å². The Kier molecular flexibility index (Phi) is 4.22. The van der Waals surface area contributed by atoms with Gasteiger partial charge in [-0.3, -0.25) is 10.1 Å². The third kappa shape index (κ3) is 2.87. The summed E-state index contributed by atoms with van der Waals surface area (Å²) in [5.41, 5.74) is 3.49. The maximum atomic E-state index is 9.56. The third-order valence-electron chi connectivity index (χ3n) is 4.29. The van der Waals surface area contributed by atoms with Crippen LogP contribution in [0.4, 0.5) is 11.4 Å². The molecule has 4 rings (SSSR count). The van der Waals surface area contributed by atoms with Gasteiger partial charge in [0.2, 0.25) is 0 Å². The van der Waals surface area contributed by atoms with Crippen molar-refractivity contribution in [2.24, 2.45) is 0 Å². The summed E-state index contributed by atoms with van der Waals surface area (Å²) in [6.45, 7) is 2.43. The Morgan fingerprint density at radius 3 is 2.89 bits per heavy atom. The van der Waals surface area contributed by atoms with Crippen molar-refractivity contribution in [1.82, 2.24) is 15.2 Å². The van der Waals surface area contributed by atoms with Crippen LogP contribution >= 0.6 is 0 Å². The highest BCUT2D eigenvalue weighted by atomic mass is 16.5. The zero-order chi connectivity index (χ0) is 18.8. The zero-order valence-electron chi connectivity index (χ0n) is 14.9. The number of hydrogen-bond donors (Lipinski definition) is 2. The fourth-order valence-corrected chi connectivity index (χ4v) is 3.07. The quantitative estimate of drug-likeness (QED) is 0.556. The molecule has 0 aliphatic rings. The van der Waals surface area contributed by atoms with Gasteiger partial charge in [0.1, 0.15) is 11.6 Å². The van der Waals surface area contributed by atoms with Crippen LogP contribution in [0.2, 0.25) is 0 Å². The first kappa shape index (κ1) is 16.7. The monoisotopic (exact) mass is 359 g/mol. The van der Waals surface area contributed by atoms with Gasteiger partial charge in [-0.05, 0) is 37.3 Å². The number of aromatic nitrogens is 3. The number of hydrogen-bond acceptors (Lipinski definition) is 6. The molecule has 134 valence electrons. The zero-order valence-corrected chi connectivity index (χ0v) is 14.9. The highest BCUT2D eigenvalue weighted by Gasteiger charge is 2.16. The summed E-state index contributed by atoms with van der Waals surface area (Å²) >= 11 is 0. The van der Waals surface area contributed by atoms with Crippen molar-refractivity contribution in [3.05, 3.63) is 48.3 Å². The molecule has 0 aliphatic heterocycles. The van der Waals surface area contributed by atoms with E-state index in [1.54, 1.807) is 13.3 Å². The average molecular weight is 359 g/mol. The minimum absolute atomic E-state index is 0.443. The van der Waals surface area contributed by atoms with Crippen molar-refractivity contribution in [2.75, 3.05) is 19.0 Å². The molecule has 0 saturated heterocycles. The number of fused-ring (bicyclic) bond motifs is 2. The van der Waals surface area contributed by atoms with E-state index in [0.717, 1.165) is 22.0 Å². The molecule has 0 saturated carbocycles. The second-order valence-corrected chi connectivity index (χ2v) is 5.88. The van der Waals surface area contributed by atoms with Crippen LogP contribution in [0.25, 0.3) is 21.8 Å². The molecule has 2 heterocycles. The topological polar surface area (TPSA) is 95.8 Å². The molecule has 7 nitrogen and oxygen atoms in total. The predicted octanol–water partition coefficient (Wildman–Crippen LogP) is 4.13. The molecule has 0 spiro atoms. The number of aromatic amines is 1. The Labute approximate surface area is 155 Å². The summed E-state index contributed by atoms with van der Waals surface area (Å²) in [7, 11) is 1.58. The minimum atomic E-state index is 0.443. The number of H-pyrrole nitrogens is 1. The van der Waals surface area contributed by atoms with Crippen molar-refractivity contribution >= 4 is 33.2 Å². The number of pyridine rings is 1. The van der Waals surface area contributed by atoms with Gasteiger partial charge in [-0.15, -0.1) is 0 Å². The number of ether oxygens (including phenoxy) is 2. The summed E-state index contributed by atoms with van der Waals surface area (Å²) in [4.78, 5) is 4.43. The number of anilines is 2. The molecular formula is C20H17N5O2. The maximum Gasteiger partial charge on any atom is 0.187 e. The minimum Gasteiger partial charge on any atom is -0.491 e. The standard InChI is InChI=1S/C20H17N5O2/c1-3-27-17-7-6-15-18(13(9-21)10-22-19(15)20(17)26-2)24-14-5-4-12-11-23-25-16(12)8-14/h4-8,10-11H,3H2,1-2H3,(H,22,24)(H,23,25). The van der Waals surface area contributed by atoms with Crippen LogP contribution in [-0.4, -0.2) is 28.9 Å². The molecule has 0 radical (unpaired) electrons. The lowest BCUT2D eigenvalue weighted by atomic mass is 10.1. The van der Waals surface area contributed by atoms with E-state index in [4.69, 9.17) is 9.47 Å². The molecule has 0 unspecified atom stereocenters. The SMILES string of the molecule is CCOc1ccc2c(Nc3ccc4cn[nH]c4c3)c(C#N)cnc2c1OC. The summed E-state index contributed by atoms with van der Waals surface area (Å²) in [5.74, 6) is 1.17. The van der Waals surface area contributed by atoms with Crippen molar-refractivity contribution in [2.45, 2.75) is 6.92 Å². The number of nitrogens with zero attached hydrogens (tertiary/aromatic N) is 3. The second-order valence-electron chi connectivity index (χ2n) is 5.88. The molecule has 0 bridgehead atoms. The molecule has 0 aliphatic carbocycles. The first-order valence-electron chi connectivity index (χ1n) is 8.48. The molecule has 2 aromatic heterocycles. The highest BCUT2D eigenvalue weighted by Crippen LogP contribution is 2.39. The van der Waals surface area contributed by atoms with E-state index in [1.807, 2.05) is 37.3 Å². The van der Waals surface area contributed by atoms with Gasteiger partial charge >= 0.3 is 0 Å². The van der Waals surface area contributed by atoms with Gasteiger partial charge in [0, 0.05) is 22.7 Å². The number of benzene rings is 2. The smallest absolute Gasteiger partial charge is 0.187 e. The molecule has 0 amide bonds. The molecule has 4 aromatic rings. The second kappa shape index (κ2) is 6.84. The summed E-state index contributed by atoms with van der Waals surface area (Å²) < 4.78 is 11.2. The Morgan fingerprint density at radius 1 is 1.22 bits per heavy atom. The number of methoxy groups -OCH3 is 1. The van der Waals surface area contributed by atoms with Gasteiger partial charge in [-0.25, -0.2) is 0 Å². The fraction of sp³-hybridized carbons (Fsp3) is 0.150. The Morgan fingerprint density at radius 2 is 2.11 bits per heavy atom. The largest absolute Gasteiger partial charge is 0.491 e. The van der Waals surface area contributed by atoms with Crippen molar-refractivity contribution in [1.29, 1.82) is 5.26 Å². The number of nitriles is 1. The number of rotatable bonds is 5. The normalized spacial score (nSPS) is 10.7. The van der Waals surface area contributed by atoms with Crippen LogP contribution in [0, 0.1) is 11.3 Å². The molecule has 2 N–H and O–H groups in total. The van der Waals surface area contributed by atoms with Crippen molar-refractivity contribution in [3.63, 3.8) is 0 Å². The average Bonchev–Trinajstić information content (AvgIpc) is 3.16. The number of nitrogens with one attached hydrogen (secondary N) is 2. The first-order chi connectivity index (χ1) is 13.2. The molecule has 2 aromatic carbocycles. The van der Waals surface area contributed by atoms with E-state index in [-0.39, 0.29) is 0 Å². The molecule has 0 fully saturated rings. The van der Waals surface area contributed by atoms with Gasteiger partial charge in [0.25, 0.3) is 0 Å². The van der Waals surface area contributed by atoms with Crippen LogP contribution < -0.4 is 14.8 Å². The molecule has 27 heavy (non-hydrogen) atoms. The van der Waals surface area contributed by atoms with E-state index in [9.17, 15) is 5.26 Å². The van der Waals surface area contributed by atoms with Gasteiger partial charge in [0.15, 0.2) is 11.5 Å². The van der Waals surface area contributed by atoms with Gasteiger partial charge in [0.05, 0.1) is 36.7 Å². The van der Waals surface area contributed by atoms with Crippen LogP contribution in [0.1, 0.15) is 12.5 Å². The van der Waals surface area contributed by atoms with Crippen LogP contribution in [0.3, 0.4) is 0 Å². The Balaban J connectivity index is 1.88. The van der Waals surface area contributed by atoms with Gasteiger partial charge in [-0.1, -0.05) is 0 Å². The van der Waals surface area contributed by atoms with Crippen LogP contribution in [0.15, 0.2) is 42.7 Å². The Bertz CT molecular complexity index is 1180. The van der Waals surface area contributed by atoms with Crippen LogP contribution in [-0.2, 0) is 0 Å². The van der Waals surface area contributed by atoms with E-state index >= 15 is 0 Å². The lowest BCUT2D eigenvalue weighted by molar-refractivity contribution is 0.313. The third-order valence-corrected chi connectivity index (χ3v) is 4.29. The van der Waals surface area contributed by atoms with E-state index in [1.165, 1.54) is 6.20 Å². The summed E-state index contributed by atoms with van der Waals surface area (Å²) in [6.07, 6.45) is 3.30. The highest BCUT2D eigenvalue weighted by molar-refractivity contribution is 6.00. The molecule has 0 atom stereocenters. The van der Waals surface area contributed by atoms with E-state index in [0.29, 0.717) is 34.9 Å². The lowest BCUT2D eigenvalue weighted by Gasteiger charge is -2.15. The van der Waals surface area contributed by atoms with Crippen LogP contribution in [0.5, 0.6) is 11.5 Å². The predicted molar refractivity (Wildman–Crippen MR) is 104 cm³/mol. The summed E-state index contributed by atoms with van der Waals surface area (Å²) in [5, 5.41) is 21.7. The lowest BCUT2D eigenvalue weighted by Crippen LogP contribution is -2.00. The van der Waals surface area contributed by atoms with Gasteiger partial charge in [-0.2, -0.15) is 10.4 Å². The molecule has 7 heteroatoms. The Hall–Kier alpha value is -3.79. The van der Waals surface area contributed by atoms with E-state index < -0.39 is 0 Å². The summed E-state index contributed by atoms with van der Waals surface area (Å²) in [6, 6.07) is 11.8. The first-order valence-corrected chi connectivity index (χ1v) is 8.48. The van der Waals surface area contributed by atoms with Gasteiger partial charge < -0.3 is 14.8 Å². The fourth-order valence-electron chi connectivity index (χ4n) is 3.07. The van der Waals surface area contributed by atoms with E-state index in [2.05, 4.69) is 26.6 Å². The van der Waals surface area contributed by atoms with Crippen molar-refractivity contribution < 1.29 is 9.47 Å². The maximum absolute atomic E-state index is 9.56.